The Morgan fingerprint density at radius 3 is 1.12 bits per heavy atom. The van der Waals surface area contributed by atoms with E-state index in [0.717, 1.165) is 6.92 Å². The summed E-state index contributed by atoms with van der Waals surface area (Å²) in [7, 11) is 0. The highest BCUT2D eigenvalue weighted by atomic mass is 79.9. The monoisotopic (exact) mass is 380 g/mol. The molecule has 6 heteroatoms. The van der Waals surface area contributed by atoms with Gasteiger partial charge in [0, 0.05) is 6.92 Å². The predicted octanol–water partition coefficient (Wildman–Crippen LogP) is 2.40. The summed E-state index contributed by atoms with van der Waals surface area (Å²) in [5, 5.41) is 7.42. The van der Waals surface area contributed by atoms with Gasteiger partial charge in [0.15, 0.2) is 0 Å². The van der Waals surface area contributed by atoms with Gasteiger partial charge in [0.25, 0.3) is 5.97 Å². The second-order valence-corrected chi connectivity index (χ2v) is 0.519. The van der Waals surface area contributed by atoms with E-state index in [4.69, 9.17) is 9.90 Å². The van der Waals surface area contributed by atoms with E-state index in [1.807, 2.05) is 0 Å². The van der Waals surface area contributed by atoms with Gasteiger partial charge in [0.05, 0.1) is 0 Å². The van der Waals surface area contributed by atoms with Crippen molar-refractivity contribution in [1.29, 1.82) is 0 Å². The van der Waals surface area contributed by atoms with Crippen LogP contribution in [0.2, 0.25) is 0 Å². The standard InChI is InChI=1S/C2H4O2.4BrH/c1-2(3)4;;;;/h1H3,(H,3,4);4*1H. The Morgan fingerprint density at radius 2 is 1.12 bits per heavy atom. The van der Waals surface area contributed by atoms with Crippen LogP contribution < -0.4 is 0 Å². The number of carboxylic acid groups (broad SMARTS) is 1. The molecule has 0 heterocycles. The Bertz CT molecular complexity index is 35.0. The number of halogens is 4. The number of aliphatic carboxylic acids is 1. The van der Waals surface area contributed by atoms with Gasteiger partial charge >= 0.3 is 0 Å². The van der Waals surface area contributed by atoms with Crippen molar-refractivity contribution in [3.63, 3.8) is 0 Å². The zero-order valence-corrected chi connectivity index (χ0v) is 10.8. The molecule has 0 aliphatic rings. The Labute approximate surface area is 90.1 Å². The topological polar surface area (TPSA) is 37.3 Å². The number of carboxylic acids is 1. The normalized spacial score (nSPS) is 3.12. The lowest BCUT2D eigenvalue weighted by atomic mass is 10.9. The van der Waals surface area contributed by atoms with E-state index in [0.29, 0.717) is 0 Å². The Morgan fingerprint density at radius 1 is 1.12 bits per heavy atom. The third-order valence-corrected chi connectivity index (χ3v) is 0. The molecule has 56 valence electrons. The van der Waals surface area contributed by atoms with E-state index >= 15 is 0 Å². The van der Waals surface area contributed by atoms with Crippen LogP contribution >= 0.6 is 67.9 Å². The highest BCUT2D eigenvalue weighted by Gasteiger charge is 1.65. The van der Waals surface area contributed by atoms with Gasteiger partial charge in [-0.05, 0) is 0 Å². The summed E-state index contributed by atoms with van der Waals surface area (Å²) >= 11 is 0. The number of carbonyl (C=O) groups is 1. The van der Waals surface area contributed by atoms with E-state index in [9.17, 15) is 0 Å². The van der Waals surface area contributed by atoms with Gasteiger partial charge in [-0.3, -0.25) is 4.79 Å². The van der Waals surface area contributed by atoms with E-state index in [1.165, 1.54) is 0 Å². The average molecular weight is 384 g/mol. The van der Waals surface area contributed by atoms with Crippen molar-refractivity contribution in [2.75, 3.05) is 0 Å². The smallest absolute Gasteiger partial charge is 0.300 e. The molecule has 0 fully saturated rings. The third kappa shape index (κ3) is 156. The van der Waals surface area contributed by atoms with Crippen LogP contribution in [0.15, 0.2) is 0 Å². The summed E-state index contributed by atoms with van der Waals surface area (Å²) < 4.78 is 0. The minimum absolute atomic E-state index is 0. The molecule has 0 rings (SSSR count). The van der Waals surface area contributed by atoms with Crippen molar-refractivity contribution in [3.05, 3.63) is 0 Å². The van der Waals surface area contributed by atoms with Crippen molar-refractivity contribution in [2.45, 2.75) is 6.92 Å². The summed E-state index contributed by atoms with van der Waals surface area (Å²) in [6.45, 7) is 1.08. The maximum atomic E-state index is 9.00. The molecule has 1 N–H and O–H groups in total. The highest BCUT2D eigenvalue weighted by Crippen LogP contribution is 1.42. The fraction of sp³-hybridized carbons (Fsp3) is 0.500. The van der Waals surface area contributed by atoms with Crippen molar-refractivity contribution in [3.8, 4) is 0 Å². The number of hydrogen-bond donors (Lipinski definition) is 1. The molecule has 8 heavy (non-hydrogen) atoms. The van der Waals surface area contributed by atoms with E-state index in [-0.39, 0.29) is 67.9 Å². The van der Waals surface area contributed by atoms with Gasteiger partial charge in [-0.15, -0.1) is 67.9 Å². The molecule has 0 unspecified atom stereocenters. The fourth-order valence-electron chi connectivity index (χ4n) is 0. The van der Waals surface area contributed by atoms with Gasteiger partial charge in [0.2, 0.25) is 0 Å². The van der Waals surface area contributed by atoms with E-state index in [2.05, 4.69) is 0 Å². The lowest BCUT2D eigenvalue weighted by Crippen LogP contribution is -1.78. The lowest BCUT2D eigenvalue weighted by molar-refractivity contribution is -0.134. The van der Waals surface area contributed by atoms with E-state index in [1.54, 1.807) is 0 Å². The van der Waals surface area contributed by atoms with Gasteiger partial charge in [-0.1, -0.05) is 0 Å². The molecule has 0 aliphatic carbocycles. The average Bonchev–Trinajstić information content (AvgIpc) is 0.811. The number of rotatable bonds is 0. The summed E-state index contributed by atoms with van der Waals surface area (Å²) in [6.07, 6.45) is 0. The zero-order chi connectivity index (χ0) is 3.58. The summed E-state index contributed by atoms with van der Waals surface area (Å²) in [5.74, 6) is -0.833. The van der Waals surface area contributed by atoms with Crippen LogP contribution in [0.5, 0.6) is 0 Å². The van der Waals surface area contributed by atoms with Crippen LogP contribution in [0.1, 0.15) is 6.92 Å². The minimum Gasteiger partial charge on any atom is -0.481 e. The van der Waals surface area contributed by atoms with Gasteiger partial charge < -0.3 is 5.11 Å². The molecule has 0 aromatic rings. The molecule has 0 saturated heterocycles. The van der Waals surface area contributed by atoms with Crippen LogP contribution in [0.3, 0.4) is 0 Å². The lowest BCUT2D eigenvalue weighted by Gasteiger charge is -1.59. The molecular weight excluding hydrogens is 376 g/mol. The van der Waals surface area contributed by atoms with Crippen LogP contribution in [-0.2, 0) is 4.79 Å². The molecule has 0 bridgehead atoms. The first-order valence-corrected chi connectivity index (χ1v) is 0.928. The molecule has 0 atom stereocenters. The Kier molecular flexibility index (Phi) is 102. The maximum absolute atomic E-state index is 9.00. The number of hydrogen-bond acceptors (Lipinski definition) is 1. The van der Waals surface area contributed by atoms with Crippen LogP contribution in [0, 0.1) is 0 Å². The quantitative estimate of drug-likeness (QED) is 0.697. The SMILES string of the molecule is Br.Br.Br.Br.CC(=O)O. The minimum atomic E-state index is -0.833. The van der Waals surface area contributed by atoms with Crippen molar-refractivity contribution < 1.29 is 9.90 Å². The first-order chi connectivity index (χ1) is 1.73. The predicted molar refractivity (Wildman–Crippen MR) is 54.6 cm³/mol. The first kappa shape index (κ1) is 34.3. The molecule has 0 saturated carbocycles. The maximum Gasteiger partial charge on any atom is 0.300 e. The van der Waals surface area contributed by atoms with Crippen molar-refractivity contribution >= 4 is 73.9 Å². The second kappa shape index (κ2) is 23.8. The molecule has 0 aromatic heterocycles. The van der Waals surface area contributed by atoms with E-state index < -0.39 is 5.97 Å². The third-order valence-electron chi connectivity index (χ3n) is 0. The fourth-order valence-corrected chi connectivity index (χ4v) is 0. The van der Waals surface area contributed by atoms with Gasteiger partial charge in [0.1, 0.15) is 0 Å². The molecule has 0 spiro atoms. The first-order valence-electron chi connectivity index (χ1n) is 0.928. The Hall–Kier alpha value is 1.39. The summed E-state index contributed by atoms with van der Waals surface area (Å²) in [4.78, 5) is 9.00. The molecule has 0 aliphatic heterocycles. The second-order valence-electron chi connectivity index (χ2n) is 0.519. The van der Waals surface area contributed by atoms with Gasteiger partial charge in [-0.2, -0.15) is 0 Å². The van der Waals surface area contributed by atoms with Gasteiger partial charge in [-0.25, -0.2) is 0 Å². The van der Waals surface area contributed by atoms with Crippen LogP contribution in [0.25, 0.3) is 0 Å². The highest BCUT2D eigenvalue weighted by molar-refractivity contribution is 8.93. The molecular formula is C2H8Br4O2. The van der Waals surface area contributed by atoms with Crippen LogP contribution in [-0.4, -0.2) is 11.1 Å². The van der Waals surface area contributed by atoms with Crippen molar-refractivity contribution in [1.82, 2.24) is 0 Å². The van der Waals surface area contributed by atoms with Crippen molar-refractivity contribution in [2.24, 2.45) is 0 Å². The molecule has 2 nitrogen and oxygen atoms in total. The summed E-state index contributed by atoms with van der Waals surface area (Å²) in [5.41, 5.74) is 0. The zero-order valence-electron chi connectivity index (χ0n) is 3.99. The van der Waals surface area contributed by atoms with Crippen LogP contribution in [0.4, 0.5) is 0 Å². The summed E-state index contributed by atoms with van der Waals surface area (Å²) in [6, 6.07) is 0. The Balaban J connectivity index is -0.00000000750. The molecule has 0 aromatic carbocycles. The molecule has 0 radical (unpaired) electrons. The molecule has 0 amide bonds. The largest absolute Gasteiger partial charge is 0.481 e.